The third-order valence-electron chi connectivity index (χ3n) is 4.46. The molecular weight excluding hydrogens is 345 g/mol. The van der Waals surface area contributed by atoms with E-state index in [1.165, 1.54) is 24.3 Å². The highest BCUT2D eigenvalue weighted by Gasteiger charge is 2.28. The minimum Gasteiger partial charge on any atom is -0.352 e. The van der Waals surface area contributed by atoms with Crippen molar-refractivity contribution in [2.75, 3.05) is 0 Å². The molecule has 1 aromatic carbocycles. The molecule has 1 aliphatic carbocycles. The molecule has 4 N–H and O–H groups in total. The van der Waals surface area contributed by atoms with Crippen LogP contribution in [0.5, 0.6) is 0 Å². The van der Waals surface area contributed by atoms with E-state index in [4.69, 9.17) is 5.73 Å². The number of nitrogens with one attached hydrogen (secondary N) is 2. The number of nitrogens with two attached hydrogens (primary N) is 1. The maximum absolute atomic E-state index is 13.0. The quantitative estimate of drug-likeness (QED) is 0.743. The molecule has 25 heavy (non-hydrogen) atoms. The van der Waals surface area contributed by atoms with Gasteiger partial charge in [0.05, 0.1) is 0 Å². The second-order valence-electron chi connectivity index (χ2n) is 6.82. The molecule has 140 valence electrons. The van der Waals surface area contributed by atoms with E-state index in [9.17, 15) is 14.0 Å². The second-order valence-corrected chi connectivity index (χ2v) is 6.82. The number of amides is 2. The van der Waals surface area contributed by atoms with E-state index in [2.05, 4.69) is 10.6 Å². The molecule has 2 rings (SSSR count). The molecule has 0 spiro atoms. The number of rotatable bonds is 5. The molecule has 1 aliphatic rings. The van der Waals surface area contributed by atoms with E-state index in [0.717, 1.165) is 25.7 Å². The van der Waals surface area contributed by atoms with Crippen LogP contribution in [0.2, 0.25) is 0 Å². The average molecular weight is 372 g/mol. The molecule has 0 radical (unpaired) electrons. The normalized spacial score (nSPS) is 21.2. The van der Waals surface area contributed by atoms with Crippen LogP contribution in [0.15, 0.2) is 24.3 Å². The van der Waals surface area contributed by atoms with Crippen LogP contribution in [0, 0.1) is 11.7 Å². The molecule has 0 heterocycles. The lowest BCUT2D eigenvalue weighted by Crippen LogP contribution is -2.53. The highest BCUT2D eigenvalue weighted by molar-refractivity contribution is 5.97. The molecule has 2 amide bonds. The minimum atomic E-state index is -0.627. The van der Waals surface area contributed by atoms with Gasteiger partial charge in [-0.15, -0.1) is 12.4 Å². The summed E-state index contributed by atoms with van der Waals surface area (Å²) in [5.74, 6) is -1.02. The van der Waals surface area contributed by atoms with E-state index in [-0.39, 0.29) is 42.2 Å². The van der Waals surface area contributed by atoms with Crippen LogP contribution in [0.1, 0.15) is 49.9 Å². The van der Waals surface area contributed by atoms with E-state index in [1.54, 1.807) is 0 Å². The molecule has 7 heteroatoms. The fourth-order valence-corrected chi connectivity index (χ4v) is 2.92. The lowest BCUT2D eigenvalue weighted by Gasteiger charge is -2.29. The Morgan fingerprint density at radius 3 is 2.20 bits per heavy atom. The largest absolute Gasteiger partial charge is 0.352 e. The maximum atomic E-state index is 13.0. The smallest absolute Gasteiger partial charge is 0.251 e. The first-order chi connectivity index (χ1) is 11.4. The molecule has 0 aliphatic heterocycles. The number of hydrogen-bond acceptors (Lipinski definition) is 3. The van der Waals surface area contributed by atoms with Crippen LogP contribution >= 0.6 is 12.4 Å². The standard InChI is InChI=1S/C18H26FN3O2.ClH/c1-11(2)16(18(24)21-15-9-7-14(20)8-10-15)22-17(23)12-3-5-13(19)6-4-12;/h3-6,11,14-16H,7-10,20H2,1-2H3,(H,21,24)(H,22,23);1H. The van der Waals surface area contributed by atoms with Gasteiger partial charge < -0.3 is 16.4 Å². The van der Waals surface area contributed by atoms with Crippen molar-refractivity contribution in [3.05, 3.63) is 35.6 Å². The SMILES string of the molecule is CC(C)C(NC(=O)c1ccc(F)cc1)C(=O)NC1CCC(N)CC1.Cl. The average Bonchev–Trinajstić information content (AvgIpc) is 2.54. The Hall–Kier alpha value is -1.66. The van der Waals surface area contributed by atoms with Crippen LogP contribution < -0.4 is 16.4 Å². The van der Waals surface area contributed by atoms with Gasteiger partial charge in [-0.2, -0.15) is 0 Å². The first-order valence-electron chi connectivity index (χ1n) is 8.49. The molecular formula is C18H27ClFN3O2. The molecule has 5 nitrogen and oxygen atoms in total. The second kappa shape index (κ2) is 9.73. The van der Waals surface area contributed by atoms with Crippen molar-refractivity contribution < 1.29 is 14.0 Å². The summed E-state index contributed by atoms with van der Waals surface area (Å²) in [5.41, 5.74) is 6.21. The van der Waals surface area contributed by atoms with Crippen molar-refractivity contribution in [1.82, 2.24) is 10.6 Å². The lowest BCUT2D eigenvalue weighted by atomic mass is 9.91. The third-order valence-corrected chi connectivity index (χ3v) is 4.46. The van der Waals surface area contributed by atoms with Crippen molar-refractivity contribution in [1.29, 1.82) is 0 Å². The van der Waals surface area contributed by atoms with E-state index >= 15 is 0 Å². The van der Waals surface area contributed by atoms with Gasteiger partial charge in [0.25, 0.3) is 5.91 Å². The van der Waals surface area contributed by atoms with Crippen molar-refractivity contribution >= 4 is 24.2 Å². The number of carbonyl (C=O) groups excluding carboxylic acids is 2. The zero-order valence-corrected chi connectivity index (χ0v) is 15.4. The molecule has 0 bridgehead atoms. The van der Waals surface area contributed by atoms with Gasteiger partial charge in [0.2, 0.25) is 5.91 Å². The van der Waals surface area contributed by atoms with E-state index < -0.39 is 11.9 Å². The molecule has 0 aromatic heterocycles. The lowest BCUT2D eigenvalue weighted by molar-refractivity contribution is -0.124. The number of halogens is 2. The third kappa shape index (κ3) is 6.29. The molecule has 1 unspecified atom stereocenters. The summed E-state index contributed by atoms with van der Waals surface area (Å²) in [6.07, 6.45) is 3.53. The fourth-order valence-electron chi connectivity index (χ4n) is 2.92. The molecule has 0 saturated heterocycles. The number of benzene rings is 1. The maximum Gasteiger partial charge on any atom is 0.251 e. The zero-order chi connectivity index (χ0) is 17.7. The summed E-state index contributed by atoms with van der Waals surface area (Å²) >= 11 is 0. The Bertz CT molecular complexity index is 572. The number of carbonyl (C=O) groups is 2. The highest BCUT2D eigenvalue weighted by atomic mass is 35.5. The fraction of sp³-hybridized carbons (Fsp3) is 0.556. The van der Waals surface area contributed by atoms with Crippen molar-refractivity contribution in [2.24, 2.45) is 11.7 Å². The van der Waals surface area contributed by atoms with Crippen LogP contribution in [0.25, 0.3) is 0 Å². The van der Waals surface area contributed by atoms with Crippen LogP contribution in [-0.2, 0) is 4.79 Å². The van der Waals surface area contributed by atoms with Crippen LogP contribution in [0.3, 0.4) is 0 Å². The minimum absolute atomic E-state index is 0. The molecule has 1 saturated carbocycles. The monoisotopic (exact) mass is 371 g/mol. The predicted octanol–water partition coefficient (Wildman–Crippen LogP) is 2.39. The highest BCUT2D eigenvalue weighted by Crippen LogP contribution is 2.17. The number of hydrogen-bond donors (Lipinski definition) is 3. The van der Waals surface area contributed by atoms with Gasteiger partial charge in [-0.3, -0.25) is 9.59 Å². The summed E-state index contributed by atoms with van der Waals surface area (Å²) in [6, 6.07) is 4.97. The summed E-state index contributed by atoms with van der Waals surface area (Å²) < 4.78 is 13.0. The van der Waals surface area contributed by atoms with Gasteiger partial charge in [0.1, 0.15) is 11.9 Å². The Morgan fingerprint density at radius 1 is 1.12 bits per heavy atom. The zero-order valence-electron chi connectivity index (χ0n) is 14.6. The van der Waals surface area contributed by atoms with Gasteiger partial charge in [0.15, 0.2) is 0 Å². The van der Waals surface area contributed by atoms with E-state index in [1.807, 2.05) is 13.8 Å². The van der Waals surface area contributed by atoms with Crippen molar-refractivity contribution in [3.8, 4) is 0 Å². The first-order valence-corrected chi connectivity index (χ1v) is 8.49. The summed E-state index contributed by atoms with van der Waals surface area (Å²) in [4.78, 5) is 24.8. The predicted molar refractivity (Wildman–Crippen MR) is 98.1 cm³/mol. The first kappa shape index (κ1) is 21.4. The van der Waals surface area contributed by atoms with Gasteiger partial charge in [0, 0.05) is 17.6 Å². The Labute approximate surface area is 154 Å². The van der Waals surface area contributed by atoms with Crippen LogP contribution in [-0.4, -0.2) is 29.9 Å². The van der Waals surface area contributed by atoms with Crippen molar-refractivity contribution in [2.45, 2.75) is 57.7 Å². The summed E-state index contributed by atoms with van der Waals surface area (Å²) in [5, 5.41) is 5.77. The van der Waals surface area contributed by atoms with Gasteiger partial charge in [-0.25, -0.2) is 4.39 Å². The Balaban J connectivity index is 0.00000312. The molecule has 1 atom stereocenters. The van der Waals surface area contributed by atoms with Crippen molar-refractivity contribution in [3.63, 3.8) is 0 Å². The van der Waals surface area contributed by atoms with Gasteiger partial charge in [-0.1, -0.05) is 13.8 Å². The summed E-state index contributed by atoms with van der Waals surface area (Å²) in [6.45, 7) is 3.76. The molecule has 1 aromatic rings. The van der Waals surface area contributed by atoms with Crippen LogP contribution in [0.4, 0.5) is 4.39 Å². The Morgan fingerprint density at radius 2 is 1.68 bits per heavy atom. The van der Waals surface area contributed by atoms with Gasteiger partial charge in [-0.05, 0) is 55.9 Å². The van der Waals surface area contributed by atoms with Gasteiger partial charge >= 0.3 is 0 Å². The van der Waals surface area contributed by atoms with E-state index in [0.29, 0.717) is 5.56 Å². The topological polar surface area (TPSA) is 84.2 Å². The molecule has 1 fully saturated rings. The Kier molecular flexibility index (Phi) is 8.32. The summed E-state index contributed by atoms with van der Waals surface area (Å²) in [7, 11) is 0.